The molecule has 0 amide bonds. The average molecular weight is 322 g/mol. The quantitative estimate of drug-likeness (QED) is 0.834. The number of ether oxygens (including phenoxy) is 1. The first-order chi connectivity index (χ1) is 9.07. The van der Waals surface area contributed by atoms with E-state index in [-0.39, 0.29) is 16.3 Å². The molecule has 1 aromatic carbocycles. The lowest BCUT2D eigenvalue weighted by atomic mass is 10.0. The van der Waals surface area contributed by atoms with E-state index >= 15 is 0 Å². The molecule has 6 nitrogen and oxygen atoms in total. The van der Waals surface area contributed by atoms with E-state index in [1.54, 1.807) is 0 Å². The van der Waals surface area contributed by atoms with Gasteiger partial charge in [0, 0.05) is 11.6 Å². The Kier molecular flexibility index (Phi) is 5.01. The van der Waals surface area contributed by atoms with Crippen molar-refractivity contribution in [2.24, 2.45) is 0 Å². The number of hydrogen-bond acceptors (Lipinski definition) is 4. The second-order valence-electron chi connectivity index (χ2n) is 4.86. The monoisotopic (exact) mass is 321 g/mol. The number of rotatable bonds is 6. The van der Waals surface area contributed by atoms with Crippen LogP contribution in [0.1, 0.15) is 20.3 Å². The molecule has 0 fully saturated rings. The number of methoxy groups -OCH3 is 1. The molecular weight excluding hydrogens is 306 g/mol. The van der Waals surface area contributed by atoms with Crippen LogP contribution in [-0.2, 0) is 14.8 Å². The van der Waals surface area contributed by atoms with E-state index in [0.717, 1.165) is 0 Å². The lowest BCUT2D eigenvalue weighted by Crippen LogP contribution is -2.44. The second-order valence-corrected chi connectivity index (χ2v) is 6.91. The van der Waals surface area contributed by atoms with Gasteiger partial charge in [0.05, 0.1) is 18.6 Å². The van der Waals surface area contributed by atoms with Crippen molar-refractivity contribution in [3.8, 4) is 5.75 Å². The Morgan fingerprint density at radius 3 is 2.55 bits per heavy atom. The number of halogens is 1. The van der Waals surface area contributed by atoms with Gasteiger partial charge in [-0.2, -0.15) is 0 Å². The minimum absolute atomic E-state index is 0.0319. The molecule has 0 bridgehead atoms. The summed E-state index contributed by atoms with van der Waals surface area (Å²) in [4.78, 5) is 10.6. The van der Waals surface area contributed by atoms with Crippen molar-refractivity contribution in [1.29, 1.82) is 0 Å². The van der Waals surface area contributed by atoms with Crippen LogP contribution >= 0.6 is 11.6 Å². The summed E-state index contributed by atoms with van der Waals surface area (Å²) in [6.45, 7) is 2.96. The largest absolute Gasteiger partial charge is 0.497 e. The molecule has 2 N–H and O–H groups in total. The number of benzene rings is 1. The highest BCUT2D eigenvalue weighted by molar-refractivity contribution is 7.89. The molecule has 0 aliphatic heterocycles. The summed E-state index contributed by atoms with van der Waals surface area (Å²) in [6.07, 6.45) is -0.353. The molecule has 8 heteroatoms. The predicted molar refractivity (Wildman–Crippen MR) is 74.7 cm³/mol. The van der Waals surface area contributed by atoms with Crippen molar-refractivity contribution < 1.29 is 23.1 Å². The highest BCUT2D eigenvalue weighted by atomic mass is 35.5. The van der Waals surface area contributed by atoms with E-state index in [9.17, 15) is 13.2 Å². The third kappa shape index (κ3) is 4.36. The molecule has 0 spiro atoms. The standard InChI is InChI=1S/C12H16ClNO5S/c1-12(2,7-11(15)16)14-20(17,18)10-6-8(19-3)4-5-9(10)13/h4-6,14H,7H2,1-3H3,(H,15,16). The van der Waals surface area contributed by atoms with E-state index in [1.807, 2.05) is 0 Å². The zero-order valence-electron chi connectivity index (χ0n) is 11.3. The summed E-state index contributed by atoms with van der Waals surface area (Å²) in [7, 11) is -2.55. The molecule has 0 radical (unpaired) electrons. The fourth-order valence-corrected chi connectivity index (χ4v) is 3.58. The molecule has 0 aliphatic rings. The molecule has 0 heterocycles. The number of carboxylic acids is 1. The Balaban J connectivity index is 3.14. The van der Waals surface area contributed by atoms with Crippen molar-refractivity contribution in [2.45, 2.75) is 30.7 Å². The van der Waals surface area contributed by atoms with Crippen LogP contribution in [0.25, 0.3) is 0 Å². The molecule has 0 aromatic heterocycles. The smallest absolute Gasteiger partial charge is 0.305 e. The Bertz CT molecular complexity index is 612. The predicted octanol–water partition coefficient (Wildman–Crippen LogP) is 1.88. The number of hydrogen-bond donors (Lipinski definition) is 2. The minimum atomic E-state index is -3.95. The van der Waals surface area contributed by atoms with Crippen molar-refractivity contribution in [1.82, 2.24) is 4.72 Å². The van der Waals surface area contributed by atoms with Crippen LogP contribution in [-0.4, -0.2) is 32.1 Å². The lowest BCUT2D eigenvalue weighted by molar-refractivity contribution is -0.138. The highest BCUT2D eigenvalue weighted by Crippen LogP contribution is 2.27. The maximum atomic E-state index is 12.3. The maximum absolute atomic E-state index is 12.3. The van der Waals surface area contributed by atoms with Crippen LogP contribution in [0.3, 0.4) is 0 Å². The summed E-state index contributed by atoms with van der Waals surface area (Å²) < 4.78 is 31.8. The molecule has 112 valence electrons. The van der Waals surface area contributed by atoms with E-state index in [2.05, 4.69) is 4.72 Å². The number of nitrogens with one attached hydrogen (secondary N) is 1. The van der Waals surface area contributed by atoms with Crippen LogP contribution in [0.15, 0.2) is 23.1 Å². The van der Waals surface area contributed by atoms with E-state index in [0.29, 0.717) is 5.75 Å². The molecule has 0 atom stereocenters. The van der Waals surface area contributed by atoms with Gasteiger partial charge in [0.15, 0.2) is 0 Å². The Hall–Kier alpha value is -1.31. The summed E-state index contributed by atoms with van der Waals surface area (Å²) in [5, 5.41) is 8.80. The Labute approximate surface area is 122 Å². The topological polar surface area (TPSA) is 92.7 Å². The van der Waals surface area contributed by atoms with Gasteiger partial charge in [0.2, 0.25) is 10.0 Å². The van der Waals surface area contributed by atoms with E-state index in [1.165, 1.54) is 39.2 Å². The zero-order chi connectivity index (χ0) is 15.6. The van der Waals surface area contributed by atoms with Gasteiger partial charge in [0.25, 0.3) is 0 Å². The highest BCUT2D eigenvalue weighted by Gasteiger charge is 2.30. The van der Waals surface area contributed by atoms with Crippen LogP contribution < -0.4 is 9.46 Å². The molecule has 20 heavy (non-hydrogen) atoms. The van der Waals surface area contributed by atoms with Gasteiger partial charge < -0.3 is 9.84 Å². The van der Waals surface area contributed by atoms with Gasteiger partial charge in [0.1, 0.15) is 10.6 Å². The fraction of sp³-hybridized carbons (Fsp3) is 0.417. The number of carbonyl (C=O) groups is 1. The Morgan fingerprint density at radius 2 is 2.05 bits per heavy atom. The first kappa shape index (κ1) is 16.7. The van der Waals surface area contributed by atoms with Crippen LogP contribution in [0.2, 0.25) is 5.02 Å². The van der Waals surface area contributed by atoms with Crippen LogP contribution in [0.4, 0.5) is 0 Å². The summed E-state index contributed by atoms with van der Waals surface area (Å²) in [6, 6.07) is 4.21. The number of sulfonamides is 1. The van der Waals surface area contributed by atoms with E-state index < -0.39 is 21.5 Å². The average Bonchev–Trinajstić information content (AvgIpc) is 2.25. The van der Waals surface area contributed by atoms with Crippen LogP contribution in [0.5, 0.6) is 5.75 Å². The van der Waals surface area contributed by atoms with E-state index in [4.69, 9.17) is 21.4 Å². The molecule has 1 aromatic rings. The molecule has 0 saturated heterocycles. The summed E-state index contributed by atoms with van der Waals surface area (Å²) in [5.41, 5.74) is -1.14. The minimum Gasteiger partial charge on any atom is -0.497 e. The summed E-state index contributed by atoms with van der Waals surface area (Å²) >= 11 is 5.88. The van der Waals surface area contributed by atoms with Gasteiger partial charge in [-0.3, -0.25) is 4.79 Å². The zero-order valence-corrected chi connectivity index (χ0v) is 12.9. The first-order valence-corrected chi connectivity index (χ1v) is 7.53. The van der Waals surface area contributed by atoms with Crippen molar-refractivity contribution in [2.75, 3.05) is 7.11 Å². The molecule has 0 unspecified atom stereocenters. The van der Waals surface area contributed by atoms with Crippen molar-refractivity contribution in [3.63, 3.8) is 0 Å². The Morgan fingerprint density at radius 1 is 1.45 bits per heavy atom. The third-order valence-electron chi connectivity index (χ3n) is 2.43. The third-order valence-corrected chi connectivity index (χ3v) is 4.61. The molecule has 1 rings (SSSR count). The van der Waals surface area contributed by atoms with Gasteiger partial charge in [-0.25, -0.2) is 13.1 Å². The molecule has 0 aliphatic carbocycles. The number of carboxylic acid groups (broad SMARTS) is 1. The summed E-state index contributed by atoms with van der Waals surface area (Å²) in [5.74, 6) is -0.764. The normalized spacial score (nSPS) is 12.2. The second kappa shape index (κ2) is 5.99. The van der Waals surface area contributed by atoms with Crippen molar-refractivity contribution >= 4 is 27.6 Å². The SMILES string of the molecule is COc1ccc(Cl)c(S(=O)(=O)NC(C)(C)CC(=O)O)c1. The lowest BCUT2D eigenvalue weighted by Gasteiger charge is -2.24. The van der Waals surface area contributed by atoms with Gasteiger partial charge in [-0.05, 0) is 26.0 Å². The van der Waals surface area contributed by atoms with Crippen LogP contribution in [0, 0.1) is 0 Å². The molecular formula is C12H16ClNO5S. The van der Waals surface area contributed by atoms with Crippen molar-refractivity contribution in [3.05, 3.63) is 23.2 Å². The molecule has 0 saturated carbocycles. The fourth-order valence-electron chi connectivity index (χ4n) is 1.65. The van der Waals surface area contributed by atoms with Gasteiger partial charge >= 0.3 is 5.97 Å². The van der Waals surface area contributed by atoms with Gasteiger partial charge in [-0.15, -0.1) is 0 Å². The van der Waals surface area contributed by atoms with Gasteiger partial charge in [-0.1, -0.05) is 11.6 Å². The maximum Gasteiger partial charge on any atom is 0.305 e. The first-order valence-electron chi connectivity index (χ1n) is 5.67. The number of aliphatic carboxylic acids is 1.